The van der Waals surface area contributed by atoms with Crippen molar-refractivity contribution in [3.63, 3.8) is 0 Å². The summed E-state index contributed by atoms with van der Waals surface area (Å²) in [5.41, 5.74) is 4.67. The Bertz CT molecular complexity index is 239. The maximum Gasteiger partial charge on any atom is -0.00988 e. The minimum Gasteiger partial charge on any atom is -0.0836 e. The molecule has 2 aliphatic carbocycles. The average Bonchev–Trinajstić information content (AvgIpc) is 2.48. The molecule has 0 bridgehead atoms. The van der Waals surface area contributed by atoms with Crippen LogP contribution in [0.2, 0.25) is 0 Å². The van der Waals surface area contributed by atoms with Crippen LogP contribution in [0.3, 0.4) is 0 Å². The van der Waals surface area contributed by atoms with Crippen molar-refractivity contribution in [1.82, 2.24) is 0 Å². The van der Waals surface area contributed by atoms with Gasteiger partial charge in [0.05, 0.1) is 0 Å². The highest BCUT2D eigenvalue weighted by molar-refractivity contribution is 5.46. The molecule has 2 rings (SSSR count). The third-order valence-electron chi connectivity index (χ3n) is 2.21. The molecule has 66 valence electrons. The van der Waals surface area contributed by atoms with Crippen molar-refractivity contribution in [2.75, 3.05) is 0 Å². The SMILES string of the molecule is CC.CC1=CC2=C(CCC=C2)C1. The number of hydrogen-bond acceptors (Lipinski definition) is 0. The number of hydrogen-bond donors (Lipinski definition) is 0. The topological polar surface area (TPSA) is 0 Å². The van der Waals surface area contributed by atoms with Crippen LogP contribution in [0, 0.1) is 0 Å². The van der Waals surface area contributed by atoms with E-state index in [1.165, 1.54) is 30.4 Å². The molecule has 0 spiro atoms. The van der Waals surface area contributed by atoms with E-state index < -0.39 is 0 Å². The molecule has 0 fully saturated rings. The van der Waals surface area contributed by atoms with Gasteiger partial charge in [-0.1, -0.05) is 43.2 Å². The highest BCUT2D eigenvalue weighted by atomic mass is 14.2. The maximum absolute atomic E-state index is 2.31. The molecule has 12 heavy (non-hydrogen) atoms. The maximum atomic E-state index is 2.31. The zero-order chi connectivity index (χ0) is 8.97. The fourth-order valence-corrected chi connectivity index (χ4v) is 1.72. The monoisotopic (exact) mass is 162 g/mol. The quantitative estimate of drug-likeness (QED) is 0.505. The molecule has 0 aromatic rings. The summed E-state index contributed by atoms with van der Waals surface area (Å²) in [6.45, 7) is 6.21. The molecule has 0 N–H and O–H groups in total. The fourth-order valence-electron chi connectivity index (χ4n) is 1.72. The third-order valence-corrected chi connectivity index (χ3v) is 2.21. The summed E-state index contributed by atoms with van der Waals surface area (Å²) in [6, 6.07) is 0. The second-order valence-corrected chi connectivity index (χ2v) is 3.17. The molecular weight excluding hydrogens is 144 g/mol. The minimum atomic E-state index is 1.24. The van der Waals surface area contributed by atoms with E-state index in [4.69, 9.17) is 0 Å². The van der Waals surface area contributed by atoms with Gasteiger partial charge in [0, 0.05) is 0 Å². The summed E-state index contributed by atoms with van der Waals surface area (Å²) in [7, 11) is 0. The standard InChI is InChI=1S/C10H12.C2H6/c1-8-6-9-4-2-3-5-10(9)7-8;1-2/h2,4,6H,3,5,7H2,1H3;1-2H3. The summed E-state index contributed by atoms with van der Waals surface area (Å²) in [6.07, 6.45) is 10.6. The van der Waals surface area contributed by atoms with Crippen LogP contribution in [0.1, 0.15) is 40.0 Å². The summed E-state index contributed by atoms with van der Waals surface area (Å²) >= 11 is 0. The molecule has 0 nitrogen and oxygen atoms in total. The third kappa shape index (κ3) is 1.88. The van der Waals surface area contributed by atoms with Gasteiger partial charge >= 0.3 is 0 Å². The first-order chi connectivity index (χ1) is 5.86. The van der Waals surface area contributed by atoms with E-state index in [9.17, 15) is 0 Å². The molecule has 0 heterocycles. The van der Waals surface area contributed by atoms with Crippen molar-refractivity contribution in [3.8, 4) is 0 Å². The molecule has 0 saturated heterocycles. The van der Waals surface area contributed by atoms with E-state index in [0.29, 0.717) is 0 Å². The van der Waals surface area contributed by atoms with Crippen molar-refractivity contribution in [3.05, 3.63) is 34.9 Å². The Kier molecular flexibility index (Phi) is 3.33. The molecule has 0 saturated carbocycles. The predicted octanol–water partition coefficient (Wildman–Crippen LogP) is 4.01. The normalized spacial score (nSPS) is 19.8. The van der Waals surface area contributed by atoms with Crippen LogP contribution in [-0.4, -0.2) is 0 Å². The van der Waals surface area contributed by atoms with Gasteiger partial charge in [-0.25, -0.2) is 0 Å². The molecule has 0 radical (unpaired) electrons. The Labute approximate surface area is 75.7 Å². The van der Waals surface area contributed by atoms with Crippen LogP contribution in [0.25, 0.3) is 0 Å². The predicted molar refractivity (Wildman–Crippen MR) is 55.1 cm³/mol. The van der Waals surface area contributed by atoms with Gasteiger partial charge in [-0.15, -0.1) is 0 Å². The van der Waals surface area contributed by atoms with Gasteiger partial charge in [-0.05, 0) is 31.8 Å². The van der Waals surface area contributed by atoms with E-state index >= 15 is 0 Å². The van der Waals surface area contributed by atoms with Gasteiger partial charge in [-0.3, -0.25) is 0 Å². The Balaban J connectivity index is 0.000000336. The Morgan fingerprint density at radius 1 is 1.25 bits per heavy atom. The average molecular weight is 162 g/mol. The first-order valence-electron chi connectivity index (χ1n) is 4.92. The van der Waals surface area contributed by atoms with Crippen molar-refractivity contribution in [2.45, 2.75) is 40.0 Å². The lowest BCUT2D eigenvalue weighted by Crippen LogP contribution is -1.87. The van der Waals surface area contributed by atoms with Gasteiger partial charge in [0.15, 0.2) is 0 Å². The van der Waals surface area contributed by atoms with Crippen molar-refractivity contribution < 1.29 is 0 Å². The lowest BCUT2D eigenvalue weighted by molar-refractivity contribution is 0.913. The van der Waals surface area contributed by atoms with Gasteiger partial charge in [0.2, 0.25) is 0 Å². The lowest BCUT2D eigenvalue weighted by atomic mass is 9.99. The first kappa shape index (κ1) is 9.31. The molecule has 0 amide bonds. The highest BCUT2D eigenvalue weighted by Gasteiger charge is 2.12. The van der Waals surface area contributed by atoms with Crippen LogP contribution in [-0.2, 0) is 0 Å². The van der Waals surface area contributed by atoms with Gasteiger partial charge < -0.3 is 0 Å². The zero-order valence-corrected chi connectivity index (χ0v) is 8.35. The molecular formula is C12H18. The van der Waals surface area contributed by atoms with E-state index in [1.807, 2.05) is 13.8 Å². The van der Waals surface area contributed by atoms with Gasteiger partial charge in [0.25, 0.3) is 0 Å². The van der Waals surface area contributed by atoms with E-state index in [1.54, 1.807) is 5.57 Å². The fraction of sp³-hybridized carbons (Fsp3) is 0.500. The molecule has 0 aromatic carbocycles. The smallest absolute Gasteiger partial charge is 0.00988 e. The van der Waals surface area contributed by atoms with Crippen molar-refractivity contribution in [1.29, 1.82) is 0 Å². The van der Waals surface area contributed by atoms with Gasteiger partial charge in [0.1, 0.15) is 0 Å². The van der Waals surface area contributed by atoms with Crippen LogP contribution < -0.4 is 0 Å². The minimum absolute atomic E-state index is 1.24. The molecule has 0 atom stereocenters. The second-order valence-electron chi connectivity index (χ2n) is 3.17. The second kappa shape index (κ2) is 4.30. The number of allylic oxidation sites excluding steroid dienone is 6. The van der Waals surface area contributed by atoms with Crippen LogP contribution in [0.4, 0.5) is 0 Å². The van der Waals surface area contributed by atoms with Crippen LogP contribution in [0.15, 0.2) is 34.9 Å². The largest absolute Gasteiger partial charge is 0.0836 e. The molecule has 0 aromatic heterocycles. The Hall–Kier alpha value is -0.780. The molecule has 0 aliphatic heterocycles. The first-order valence-corrected chi connectivity index (χ1v) is 4.92. The van der Waals surface area contributed by atoms with E-state index in [2.05, 4.69) is 25.2 Å². The molecule has 2 aliphatic rings. The summed E-state index contributed by atoms with van der Waals surface area (Å²) in [4.78, 5) is 0. The molecule has 0 heteroatoms. The highest BCUT2D eigenvalue weighted by Crippen LogP contribution is 2.31. The van der Waals surface area contributed by atoms with Crippen LogP contribution in [0.5, 0.6) is 0 Å². The Morgan fingerprint density at radius 2 is 2.00 bits per heavy atom. The summed E-state index contributed by atoms with van der Waals surface area (Å²) in [5, 5.41) is 0. The lowest BCUT2D eigenvalue weighted by Gasteiger charge is -2.06. The summed E-state index contributed by atoms with van der Waals surface area (Å²) in [5.74, 6) is 0. The number of rotatable bonds is 0. The Morgan fingerprint density at radius 3 is 2.67 bits per heavy atom. The van der Waals surface area contributed by atoms with Crippen molar-refractivity contribution >= 4 is 0 Å². The molecule has 0 unspecified atom stereocenters. The van der Waals surface area contributed by atoms with E-state index in [-0.39, 0.29) is 0 Å². The zero-order valence-electron chi connectivity index (χ0n) is 8.35. The van der Waals surface area contributed by atoms with Gasteiger partial charge in [-0.2, -0.15) is 0 Å². The summed E-state index contributed by atoms with van der Waals surface area (Å²) < 4.78 is 0. The van der Waals surface area contributed by atoms with E-state index in [0.717, 1.165) is 0 Å². The van der Waals surface area contributed by atoms with Crippen molar-refractivity contribution in [2.24, 2.45) is 0 Å². The van der Waals surface area contributed by atoms with Crippen LogP contribution >= 0.6 is 0 Å².